The molecule has 0 rings (SSSR count). The van der Waals surface area contributed by atoms with E-state index in [1.54, 1.807) is 6.08 Å². The van der Waals surface area contributed by atoms with Crippen molar-refractivity contribution in [2.45, 2.75) is 167 Å². The van der Waals surface area contributed by atoms with E-state index in [9.17, 15) is 29.3 Å². The summed E-state index contributed by atoms with van der Waals surface area (Å²) in [5.41, 5.74) is 0. The molecule has 0 heterocycles. The van der Waals surface area contributed by atoms with E-state index in [1.807, 2.05) is 24.3 Å². The van der Waals surface area contributed by atoms with Crippen molar-refractivity contribution in [1.82, 2.24) is 0 Å². The summed E-state index contributed by atoms with van der Waals surface area (Å²) in [7, 11) is -4.63. The molecular formula is C39H71O11P. The van der Waals surface area contributed by atoms with Gasteiger partial charge in [-0.05, 0) is 44.4 Å². The first-order valence-electron chi connectivity index (χ1n) is 19.4. The van der Waals surface area contributed by atoms with E-state index >= 15 is 0 Å². The summed E-state index contributed by atoms with van der Waals surface area (Å²) in [4.78, 5) is 34.8. The summed E-state index contributed by atoms with van der Waals surface area (Å²) in [5, 5.41) is 28.1. The molecule has 4 N–H and O–H groups in total. The average Bonchev–Trinajstić information content (AvgIpc) is 3.11. The Kier molecular flexibility index (Phi) is 32.7. The minimum absolute atomic E-state index is 0.169. The van der Waals surface area contributed by atoms with E-state index in [0.717, 1.165) is 63.7 Å². The fraction of sp³-hybridized carbons (Fsp3) is 0.795. The van der Waals surface area contributed by atoms with Crippen molar-refractivity contribution in [3.8, 4) is 0 Å². The summed E-state index contributed by atoms with van der Waals surface area (Å²) < 4.78 is 32.5. The monoisotopic (exact) mass is 746 g/mol. The summed E-state index contributed by atoms with van der Waals surface area (Å²) in [6.45, 7) is 4.41. The van der Waals surface area contributed by atoms with E-state index in [2.05, 4.69) is 31.4 Å². The number of phosphoric acid groups is 1. The van der Waals surface area contributed by atoms with Crippen LogP contribution < -0.4 is 0 Å². The number of ether oxygens (including phenoxy) is 2. The van der Waals surface area contributed by atoms with Gasteiger partial charge < -0.3 is 29.7 Å². The molecule has 0 spiro atoms. The largest absolute Gasteiger partial charge is 0.472 e. The van der Waals surface area contributed by atoms with Gasteiger partial charge in [0.05, 0.1) is 25.9 Å². The van der Waals surface area contributed by atoms with Gasteiger partial charge in [0, 0.05) is 12.8 Å². The highest BCUT2D eigenvalue weighted by Gasteiger charge is 2.27. The second kappa shape index (κ2) is 34.0. The lowest BCUT2D eigenvalue weighted by Gasteiger charge is -2.20. The minimum atomic E-state index is -4.63. The molecule has 0 aliphatic rings. The number of allylic oxidation sites excluding steroid dienone is 4. The zero-order valence-corrected chi connectivity index (χ0v) is 32.7. The minimum Gasteiger partial charge on any atom is -0.462 e. The molecule has 0 bridgehead atoms. The van der Waals surface area contributed by atoms with Crippen molar-refractivity contribution in [2.24, 2.45) is 5.92 Å². The van der Waals surface area contributed by atoms with Crippen molar-refractivity contribution in [3.63, 3.8) is 0 Å². The van der Waals surface area contributed by atoms with Crippen molar-refractivity contribution in [1.29, 1.82) is 0 Å². The fourth-order valence-corrected chi connectivity index (χ4v) is 5.79. The smallest absolute Gasteiger partial charge is 0.462 e. The van der Waals surface area contributed by atoms with Gasteiger partial charge in [-0.3, -0.25) is 18.6 Å². The van der Waals surface area contributed by atoms with Crippen LogP contribution in [-0.4, -0.2) is 76.9 Å². The first kappa shape index (κ1) is 49.1. The van der Waals surface area contributed by atoms with Crippen LogP contribution in [0.1, 0.15) is 149 Å². The van der Waals surface area contributed by atoms with Crippen LogP contribution in [0.3, 0.4) is 0 Å². The van der Waals surface area contributed by atoms with Gasteiger partial charge in [-0.25, -0.2) is 4.57 Å². The highest BCUT2D eigenvalue weighted by molar-refractivity contribution is 7.47. The van der Waals surface area contributed by atoms with Crippen LogP contribution in [0.4, 0.5) is 0 Å². The number of aliphatic hydroxyl groups excluding tert-OH is 3. The van der Waals surface area contributed by atoms with E-state index in [1.165, 1.54) is 38.5 Å². The first-order valence-corrected chi connectivity index (χ1v) is 20.9. The van der Waals surface area contributed by atoms with Gasteiger partial charge in [0.2, 0.25) is 0 Å². The molecule has 0 fully saturated rings. The first-order chi connectivity index (χ1) is 24.5. The maximum atomic E-state index is 12.5. The maximum Gasteiger partial charge on any atom is 0.472 e. The van der Waals surface area contributed by atoms with Crippen LogP contribution in [0.5, 0.6) is 0 Å². The Bertz CT molecular complexity index is 984. The Labute approximate surface area is 308 Å². The van der Waals surface area contributed by atoms with Gasteiger partial charge in [0.25, 0.3) is 0 Å². The number of carbonyl (C=O) groups excluding carboxylic acids is 2. The van der Waals surface area contributed by atoms with Crippen molar-refractivity contribution in [2.75, 3.05) is 26.4 Å². The Balaban J connectivity index is 4.43. The molecular weight excluding hydrogens is 675 g/mol. The number of aliphatic hydroxyl groups is 3. The predicted molar refractivity (Wildman–Crippen MR) is 202 cm³/mol. The van der Waals surface area contributed by atoms with E-state index in [4.69, 9.17) is 19.1 Å². The number of phosphoric ester groups is 1. The molecule has 3 unspecified atom stereocenters. The van der Waals surface area contributed by atoms with Crippen LogP contribution in [0.15, 0.2) is 36.5 Å². The van der Waals surface area contributed by atoms with Gasteiger partial charge >= 0.3 is 19.8 Å². The van der Waals surface area contributed by atoms with Crippen LogP contribution >= 0.6 is 7.82 Å². The highest BCUT2D eigenvalue weighted by atomic mass is 31.2. The van der Waals surface area contributed by atoms with Crippen LogP contribution in [0.2, 0.25) is 0 Å². The van der Waals surface area contributed by atoms with Crippen molar-refractivity contribution < 1.29 is 52.9 Å². The van der Waals surface area contributed by atoms with Gasteiger partial charge in [-0.15, -0.1) is 0 Å². The zero-order valence-electron chi connectivity index (χ0n) is 31.8. The highest BCUT2D eigenvalue weighted by Crippen LogP contribution is 2.43. The number of carbonyl (C=O) groups is 2. The van der Waals surface area contributed by atoms with Crippen molar-refractivity contribution in [3.05, 3.63) is 36.5 Å². The molecule has 0 saturated carbocycles. The summed E-state index contributed by atoms with van der Waals surface area (Å²) in [5.74, 6) is -0.181. The Morgan fingerprint density at radius 3 is 1.94 bits per heavy atom. The lowest BCUT2D eigenvalue weighted by atomic mass is 9.99. The Morgan fingerprint density at radius 1 is 0.725 bits per heavy atom. The molecule has 298 valence electrons. The molecule has 51 heavy (non-hydrogen) atoms. The summed E-state index contributed by atoms with van der Waals surface area (Å²) in [6, 6.07) is 0. The number of hydrogen-bond donors (Lipinski definition) is 4. The molecule has 5 atom stereocenters. The van der Waals surface area contributed by atoms with Crippen LogP contribution in [0, 0.1) is 5.92 Å². The average molecular weight is 747 g/mol. The van der Waals surface area contributed by atoms with Gasteiger partial charge in [0.1, 0.15) is 12.7 Å². The molecule has 0 aromatic rings. The summed E-state index contributed by atoms with van der Waals surface area (Å²) >= 11 is 0. The zero-order chi connectivity index (χ0) is 38.0. The SMILES string of the molecule is CC/C=C/CC(O)/C=C/C=C/CCCCCCCC(=O)OC[C@H](COP(=O)(O)OC[C@@H](O)CO)OC(=O)CCCCCCCCCCC(C)CC. The molecule has 0 aliphatic carbocycles. The molecule has 0 aliphatic heterocycles. The lowest BCUT2D eigenvalue weighted by molar-refractivity contribution is -0.161. The lowest BCUT2D eigenvalue weighted by Crippen LogP contribution is -2.29. The normalized spacial score (nSPS) is 15.7. The number of unbranched alkanes of at least 4 members (excludes halogenated alkanes) is 12. The van der Waals surface area contributed by atoms with E-state index in [-0.39, 0.29) is 19.4 Å². The van der Waals surface area contributed by atoms with Gasteiger partial charge in [-0.1, -0.05) is 134 Å². The van der Waals surface area contributed by atoms with Gasteiger partial charge in [0.15, 0.2) is 6.10 Å². The Hall–Kier alpha value is -1.85. The fourth-order valence-electron chi connectivity index (χ4n) is 5.00. The molecule has 11 nitrogen and oxygen atoms in total. The van der Waals surface area contributed by atoms with Crippen LogP contribution in [-0.2, 0) is 32.7 Å². The molecule has 0 aromatic heterocycles. The Morgan fingerprint density at radius 2 is 1.31 bits per heavy atom. The number of hydrogen-bond acceptors (Lipinski definition) is 10. The standard InChI is InChI=1S/C39H71O11P/c1-4-6-20-26-35(41)27-22-17-13-8-7-9-14-18-23-28-38(43)47-32-37(33-49-51(45,46)48-31-36(42)30-40)50-39(44)29-24-19-15-11-10-12-16-21-25-34(3)5-2/h6,13,17,20,22,27,34-37,40-42H,4-5,7-12,14-16,18-19,21,23-26,28-33H2,1-3H3,(H,45,46)/b17-13+,20-6+,27-22+/t34?,35?,36-,37+/m0/s1. The number of esters is 2. The van der Waals surface area contributed by atoms with Crippen LogP contribution in [0.25, 0.3) is 0 Å². The topological polar surface area (TPSA) is 169 Å². The second-order valence-corrected chi connectivity index (χ2v) is 14.8. The predicted octanol–water partition coefficient (Wildman–Crippen LogP) is 8.44. The quantitative estimate of drug-likeness (QED) is 0.0161. The van der Waals surface area contributed by atoms with Crippen molar-refractivity contribution >= 4 is 19.8 Å². The molecule has 0 aromatic carbocycles. The third kappa shape index (κ3) is 33.7. The van der Waals surface area contributed by atoms with Gasteiger partial charge in [-0.2, -0.15) is 0 Å². The summed E-state index contributed by atoms with van der Waals surface area (Å²) in [6.07, 6.45) is 27.4. The second-order valence-electron chi connectivity index (χ2n) is 13.4. The molecule has 12 heteroatoms. The third-order valence-electron chi connectivity index (χ3n) is 8.43. The molecule has 0 saturated heterocycles. The number of rotatable bonds is 35. The molecule has 0 amide bonds. The van der Waals surface area contributed by atoms with E-state index < -0.39 is 57.9 Å². The third-order valence-corrected chi connectivity index (χ3v) is 9.38. The molecule has 0 radical (unpaired) electrons. The van der Waals surface area contributed by atoms with E-state index in [0.29, 0.717) is 19.3 Å². The maximum absolute atomic E-state index is 12.5.